The van der Waals surface area contributed by atoms with Crippen molar-refractivity contribution in [3.63, 3.8) is 0 Å². The average molecular weight is 459 g/mol. The molecule has 0 radical (unpaired) electrons. The number of carbonyl (C=O) groups excluding carboxylic acids is 1. The van der Waals surface area contributed by atoms with Crippen molar-refractivity contribution >= 4 is 51.6 Å². The van der Waals surface area contributed by atoms with Gasteiger partial charge in [0.25, 0.3) is 0 Å². The van der Waals surface area contributed by atoms with E-state index in [2.05, 4.69) is 32.1 Å². The van der Waals surface area contributed by atoms with E-state index in [0.717, 1.165) is 48.3 Å². The Bertz CT molecular complexity index is 1100. The summed E-state index contributed by atoms with van der Waals surface area (Å²) in [5.41, 5.74) is 1.59. The van der Waals surface area contributed by atoms with Crippen molar-refractivity contribution < 1.29 is 4.79 Å². The number of likely N-dealkylation sites (tertiary alicyclic amines) is 1. The standard InChI is InChI=1S/C22H24Cl2N6O/c1-13-7-19-18(30(13)22-17-4-5-25-21(17)27-12-28-22)3-2-6-29(19)20(31)11-26-16-9-14(23)8-15(24)10-16/h4-5,8-10,12-13,18-19,26H,2-3,6-7,11H2,1H3,(H,25,27,28)/t13-,18?,19?/m0/s1. The molecule has 9 heteroatoms. The van der Waals surface area contributed by atoms with Gasteiger partial charge in [-0.05, 0) is 50.5 Å². The molecular weight excluding hydrogens is 435 g/mol. The number of hydrogen-bond acceptors (Lipinski definition) is 5. The number of benzene rings is 1. The zero-order valence-corrected chi connectivity index (χ0v) is 18.7. The number of anilines is 2. The molecule has 2 N–H and O–H groups in total. The number of piperidine rings is 1. The van der Waals surface area contributed by atoms with Gasteiger partial charge in [0, 0.05) is 34.5 Å². The van der Waals surface area contributed by atoms with Crippen LogP contribution in [0.1, 0.15) is 26.2 Å². The molecule has 31 heavy (non-hydrogen) atoms. The van der Waals surface area contributed by atoms with E-state index in [9.17, 15) is 4.79 Å². The highest BCUT2D eigenvalue weighted by Gasteiger charge is 2.46. The molecule has 2 aliphatic rings. The fourth-order valence-electron chi connectivity index (χ4n) is 5.11. The smallest absolute Gasteiger partial charge is 0.242 e. The number of nitrogens with one attached hydrogen (secondary N) is 2. The van der Waals surface area contributed by atoms with E-state index in [0.29, 0.717) is 10.0 Å². The molecule has 0 saturated carbocycles. The molecule has 2 aromatic heterocycles. The maximum atomic E-state index is 13.2. The summed E-state index contributed by atoms with van der Waals surface area (Å²) in [6.07, 6.45) is 6.45. The van der Waals surface area contributed by atoms with E-state index in [-0.39, 0.29) is 30.6 Å². The molecular formula is C22H24Cl2N6O. The first-order valence-corrected chi connectivity index (χ1v) is 11.3. The van der Waals surface area contributed by atoms with Gasteiger partial charge in [-0.1, -0.05) is 23.2 Å². The third kappa shape index (κ3) is 3.81. The van der Waals surface area contributed by atoms with Crippen molar-refractivity contribution in [3.8, 4) is 0 Å². The molecule has 5 rings (SSSR count). The molecule has 0 bridgehead atoms. The van der Waals surface area contributed by atoms with E-state index in [4.69, 9.17) is 23.2 Å². The number of halogens is 2. The van der Waals surface area contributed by atoms with Crippen LogP contribution in [0.5, 0.6) is 0 Å². The fourth-order valence-corrected chi connectivity index (χ4v) is 5.64. The van der Waals surface area contributed by atoms with E-state index in [1.54, 1.807) is 24.5 Å². The van der Waals surface area contributed by atoms with Crippen LogP contribution in [0.25, 0.3) is 11.0 Å². The number of carbonyl (C=O) groups is 1. The molecule has 0 spiro atoms. The molecule has 3 atom stereocenters. The van der Waals surface area contributed by atoms with Gasteiger partial charge in [0.05, 0.1) is 24.0 Å². The number of aromatic nitrogens is 3. The van der Waals surface area contributed by atoms with Gasteiger partial charge in [-0.3, -0.25) is 4.79 Å². The Morgan fingerprint density at radius 3 is 2.84 bits per heavy atom. The number of rotatable bonds is 4. The van der Waals surface area contributed by atoms with Crippen molar-refractivity contribution in [2.75, 3.05) is 23.3 Å². The summed E-state index contributed by atoms with van der Waals surface area (Å²) in [5, 5.41) is 5.29. The van der Waals surface area contributed by atoms with Crippen LogP contribution in [0.3, 0.4) is 0 Å². The monoisotopic (exact) mass is 458 g/mol. The lowest BCUT2D eigenvalue weighted by atomic mass is 9.96. The first kappa shape index (κ1) is 20.4. The van der Waals surface area contributed by atoms with Crippen LogP contribution in [0.2, 0.25) is 10.0 Å². The van der Waals surface area contributed by atoms with Gasteiger partial charge in [0.2, 0.25) is 5.91 Å². The number of hydrogen-bond donors (Lipinski definition) is 2. The molecule has 1 amide bonds. The Morgan fingerprint density at radius 1 is 1.23 bits per heavy atom. The minimum Gasteiger partial charge on any atom is -0.376 e. The summed E-state index contributed by atoms with van der Waals surface area (Å²) >= 11 is 12.1. The van der Waals surface area contributed by atoms with Gasteiger partial charge in [0.1, 0.15) is 17.8 Å². The predicted octanol–water partition coefficient (Wildman–Crippen LogP) is 4.34. The van der Waals surface area contributed by atoms with E-state index in [1.165, 1.54) is 0 Å². The van der Waals surface area contributed by atoms with Crippen molar-refractivity contribution in [1.82, 2.24) is 19.9 Å². The Kier molecular flexibility index (Phi) is 5.40. The fraction of sp³-hybridized carbons (Fsp3) is 0.409. The van der Waals surface area contributed by atoms with Crippen molar-refractivity contribution in [2.45, 2.75) is 44.3 Å². The number of amides is 1. The first-order chi connectivity index (χ1) is 15.0. The first-order valence-electron chi connectivity index (χ1n) is 10.6. The normalized spacial score (nSPS) is 23.3. The highest BCUT2D eigenvalue weighted by molar-refractivity contribution is 6.35. The van der Waals surface area contributed by atoms with E-state index in [1.807, 2.05) is 17.2 Å². The van der Waals surface area contributed by atoms with Crippen molar-refractivity contribution in [3.05, 3.63) is 46.8 Å². The minimum atomic E-state index is 0.0920. The number of aromatic amines is 1. The largest absolute Gasteiger partial charge is 0.376 e. The second kappa shape index (κ2) is 8.20. The summed E-state index contributed by atoms with van der Waals surface area (Å²) < 4.78 is 0. The molecule has 162 valence electrons. The van der Waals surface area contributed by atoms with Crippen LogP contribution < -0.4 is 10.2 Å². The molecule has 3 aromatic rings. The molecule has 1 aromatic carbocycles. The summed E-state index contributed by atoms with van der Waals surface area (Å²) in [7, 11) is 0. The van der Waals surface area contributed by atoms with Gasteiger partial charge < -0.3 is 20.1 Å². The zero-order valence-electron chi connectivity index (χ0n) is 17.2. The second-order valence-corrected chi connectivity index (χ2v) is 9.18. The van der Waals surface area contributed by atoms with Gasteiger partial charge >= 0.3 is 0 Å². The number of fused-ring (bicyclic) bond motifs is 2. The number of H-pyrrole nitrogens is 1. The highest BCUT2D eigenvalue weighted by Crippen LogP contribution is 2.39. The molecule has 2 saturated heterocycles. The predicted molar refractivity (Wildman–Crippen MR) is 124 cm³/mol. The molecule has 2 aliphatic heterocycles. The van der Waals surface area contributed by atoms with Crippen LogP contribution in [-0.4, -0.2) is 57.0 Å². The Morgan fingerprint density at radius 2 is 2.03 bits per heavy atom. The van der Waals surface area contributed by atoms with Gasteiger partial charge in [-0.25, -0.2) is 9.97 Å². The topological polar surface area (TPSA) is 77.2 Å². The molecule has 4 heterocycles. The van der Waals surface area contributed by atoms with Crippen molar-refractivity contribution in [2.24, 2.45) is 0 Å². The lowest BCUT2D eigenvalue weighted by molar-refractivity contribution is -0.132. The SMILES string of the molecule is C[C@H]1CC2C(CCCN2C(=O)CNc2cc(Cl)cc(Cl)c2)N1c1ncnc2[nH]ccc12. The maximum absolute atomic E-state index is 13.2. The summed E-state index contributed by atoms with van der Waals surface area (Å²) in [6.45, 7) is 3.21. The molecule has 2 fully saturated rings. The van der Waals surface area contributed by atoms with Crippen molar-refractivity contribution in [1.29, 1.82) is 0 Å². The van der Waals surface area contributed by atoms with E-state index >= 15 is 0 Å². The zero-order chi connectivity index (χ0) is 21.5. The number of nitrogens with zero attached hydrogens (tertiary/aromatic N) is 4. The summed E-state index contributed by atoms with van der Waals surface area (Å²) in [4.78, 5) is 29.7. The average Bonchev–Trinajstić information content (AvgIpc) is 3.34. The van der Waals surface area contributed by atoms with E-state index < -0.39 is 0 Å². The van der Waals surface area contributed by atoms with Crippen LogP contribution >= 0.6 is 23.2 Å². The quantitative estimate of drug-likeness (QED) is 0.607. The van der Waals surface area contributed by atoms with Crippen LogP contribution in [0.15, 0.2) is 36.8 Å². The summed E-state index contributed by atoms with van der Waals surface area (Å²) in [5.74, 6) is 1.04. The molecule has 0 aliphatic carbocycles. The highest BCUT2D eigenvalue weighted by atomic mass is 35.5. The minimum absolute atomic E-state index is 0.0920. The van der Waals surface area contributed by atoms with Gasteiger partial charge in [-0.15, -0.1) is 0 Å². The summed E-state index contributed by atoms with van der Waals surface area (Å²) in [6, 6.07) is 7.96. The lowest BCUT2D eigenvalue weighted by Gasteiger charge is -2.40. The van der Waals surface area contributed by atoms with Crippen LogP contribution in [0.4, 0.5) is 11.5 Å². The van der Waals surface area contributed by atoms with Gasteiger partial charge in [-0.2, -0.15) is 0 Å². The Labute approximate surface area is 190 Å². The third-order valence-corrected chi connectivity index (χ3v) is 6.80. The van der Waals surface area contributed by atoms with Crippen LogP contribution in [0, 0.1) is 0 Å². The molecule has 2 unspecified atom stereocenters. The maximum Gasteiger partial charge on any atom is 0.242 e. The van der Waals surface area contributed by atoms with Crippen LogP contribution in [-0.2, 0) is 4.79 Å². The Balaban J connectivity index is 1.34. The lowest BCUT2D eigenvalue weighted by Crippen LogP contribution is -2.53. The molecule has 7 nitrogen and oxygen atoms in total. The van der Waals surface area contributed by atoms with Gasteiger partial charge in [0.15, 0.2) is 0 Å². The second-order valence-electron chi connectivity index (χ2n) is 8.30. The third-order valence-electron chi connectivity index (χ3n) is 6.36. The Hall–Kier alpha value is -2.51.